The van der Waals surface area contributed by atoms with Gasteiger partial charge >= 0.3 is 0 Å². The first-order chi connectivity index (χ1) is 12.7. The standard InChI is InChI=1S/C26H34/c1-4-5-10-23-12-16-25(17-13-23)20-21-26-18-14-24(15-19-26)11-8-6-7-9-22(2)3/h12-19,22H,4-11H2,1-3H3. The van der Waals surface area contributed by atoms with Crippen LogP contribution in [0.25, 0.3) is 0 Å². The Labute approximate surface area is 161 Å². The molecule has 0 aliphatic heterocycles. The van der Waals surface area contributed by atoms with Crippen LogP contribution >= 0.6 is 0 Å². The molecule has 0 bridgehead atoms. The lowest BCUT2D eigenvalue weighted by Gasteiger charge is -2.04. The minimum atomic E-state index is 0.834. The first-order valence-electron chi connectivity index (χ1n) is 10.4. The van der Waals surface area contributed by atoms with Crippen LogP contribution in [0.2, 0.25) is 0 Å². The van der Waals surface area contributed by atoms with E-state index in [9.17, 15) is 0 Å². The van der Waals surface area contributed by atoms with E-state index in [1.54, 1.807) is 0 Å². The van der Waals surface area contributed by atoms with Gasteiger partial charge in [0.1, 0.15) is 0 Å². The molecule has 2 aromatic carbocycles. The summed E-state index contributed by atoms with van der Waals surface area (Å²) in [5, 5.41) is 0. The predicted octanol–water partition coefficient (Wildman–Crippen LogP) is 7.19. The molecule has 0 atom stereocenters. The molecule has 0 heterocycles. The van der Waals surface area contributed by atoms with Crippen LogP contribution in [0.4, 0.5) is 0 Å². The van der Waals surface area contributed by atoms with Gasteiger partial charge in [0.25, 0.3) is 0 Å². The second-order valence-electron chi connectivity index (χ2n) is 7.74. The van der Waals surface area contributed by atoms with Gasteiger partial charge in [-0.25, -0.2) is 0 Å². The smallest absolute Gasteiger partial charge is 0.0249 e. The van der Waals surface area contributed by atoms with Crippen molar-refractivity contribution in [2.24, 2.45) is 5.92 Å². The molecule has 0 fully saturated rings. The predicted molar refractivity (Wildman–Crippen MR) is 114 cm³/mol. The average Bonchev–Trinajstić information content (AvgIpc) is 2.66. The van der Waals surface area contributed by atoms with E-state index >= 15 is 0 Å². The highest BCUT2D eigenvalue weighted by molar-refractivity contribution is 5.44. The van der Waals surface area contributed by atoms with Crippen molar-refractivity contribution in [1.82, 2.24) is 0 Å². The summed E-state index contributed by atoms with van der Waals surface area (Å²) in [5.74, 6) is 7.41. The molecule has 0 aliphatic carbocycles. The maximum Gasteiger partial charge on any atom is 0.0249 e. The fourth-order valence-electron chi connectivity index (χ4n) is 3.09. The lowest BCUT2D eigenvalue weighted by atomic mass is 10.0. The monoisotopic (exact) mass is 346 g/mol. The number of hydrogen-bond donors (Lipinski definition) is 0. The Balaban J connectivity index is 1.81. The fraction of sp³-hybridized carbons (Fsp3) is 0.462. The summed E-state index contributed by atoms with van der Waals surface area (Å²) < 4.78 is 0. The number of benzene rings is 2. The molecule has 26 heavy (non-hydrogen) atoms. The highest BCUT2D eigenvalue weighted by Gasteiger charge is 1.97. The van der Waals surface area contributed by atoms with Gasteiger partial charge in [-0.05, 0) is 67.0 Å². The fourth-order valence-corrected chi connectivity index (χ4v) is 3.09. The van der Waals surface area contributed by atoms with Crippen LogP contribution in [0.15, 0.2) is 48.5 Å². The Hall–Kier alpha value is -2.00. The lowest BCUT2D eigenvalue weighted by Crippen LogP contribution is -1.89. The van der Waals surface area contributed by atoms with E-state index in [0.29, 0.717) is 0 Å². The normalized spacial score (nSPS) is 10.6. The molecular formula is C26H34. The van der Waals surface area contributed by atoms with E-state index in [-0.39, 0.29) is 0 Å². The van der Waals surface area contributed by atoms with Crippen molar-refractivity contribution < 1.29 is 0 Å². The van der Waals surface area contributed by atoms with E-state index in [4.69, 9.17) is 0 Å². The molecule has 0 aromatic heterocycles. The first kappa shape index (κ1) is 20.3. The number of hydrogen-bond acceptors (Lipinski definition) is 0. The van der Waals surface area contributed by atoms with Crippen molar-refractivity contribution in [1.29, 1.82) is 0 Å². The quantitative estimate of drug-likeness (QED) is 0.333. The highest BCUT2D eigenvalue weighted by Crippen LogP contribution is 2.12. The van der Waals surface area contributed by atoms with Gasteiger partial charge in [-0.3, -0.25) is 0 Å². The zero-order valence-corrected chi connectivity index (χ0v) is 16.9. The van der Waals surface area contributed by atoms with Crippen molar-refractivity contribution in [2.45, 2.75) is 72.1 Å². The van der Waals surface area contributed by atoms with E-state index in [0.717, 1.165) is 17.0 Å². The van der Waals surface area contributed by atoms with Gasteiger partial charge in [-0.1, -0.05) is 82.6 Å². The van der Waals surface area contributed by atoms with Crippen molar-refractivity contribution >= 4 is 0 Å². The van der Waals surface area contributed by atoms with Gasteiger partial charge in [0.15, 0.2) is 0 Å². The van der Waals surface area contributed by atoms with E-state index in [1.807, 2.05) is 0 Å². The van der Waals surface area contributed by atoms with Gasteiger partial charge in [-0.15, -0.1) is 0 Å². The average molecular weight is 347 g/mol. The summed E-state index contributed by atoms with van der Waals surface area (Å²) in [4.78, 5) is 0. The number of rotatable bonds is 9. The van der Waals surface area contributed by atoms with Crippen molar-refractivity contribution in [2.75, 3.05) is 0 Å². The summed E-state index contributed by atoms with van der Waals surface area (Å²) in [6.07, 6.45) is 10.2. The van der Waals surface area contributed by atoms with E-state index in [2.05, 4.69) is 81.1 Å². The molecule has 0 N–H and O–H groups in total. The molecule has 0 unspecified atom stereocenters. The van der Waals surface area contributed by atoms with Crippen LogP contribution in [-0.2, 0) is 12.8 Å². The Morgan fingerprint density at radius 2 is 1.15 bits per heavy atom. The van der Waals surface area contributed by atoms with Crippen LogP contribution < -0.4 is 0 Å². The minimum absolute atomic E-state index is 0.834. The minimum Gasteiger partial charge on any atom is -0.0654 e. The van der Waals surface area contributed by atoms with Gasteiger partial charge in [0.05, 0.1) is 0 Å². The van der Waals surface area contributed by atoms with E-state index < -0.39 is 0 Å². The SMILES string of the molecule is CCCCc1ccc(C#Cc2ccc(CCCCCC(C)C)cc2)cc1. The summed E-state index contributed by atoms with van der Waals surface area (Å²) in [6, 6.07) is 17.5. The molecule has 0 heteroatoms. The molecule has 0 saturated heterocycles. The molecule has 0 aliphatic rings. The molecule has 0 amide bonds. The Morgan fingerprint density at radius 3 is 1.62 bits per heavy atom. The van der Waals surface area contributed by atoms with Crippen molar-refractivity contribution in [3.63, 3.8) is 0 Å². The van der Waals surface area contributed by atoms with Crippen LogP contribution in [0.3, 0.4) is 0 Å². The molecule has 138 valence electrons. The summed E-state index contributed by atoms with van der Waals surface area (Å²) in [5.41, 5.74) is 5.04. The van der Waals surface area contributed by atoms with E-state index in [1.165, 1.54) is 62.5 Å². The Kier molecular flexibility index (Phi) is 9.05. The maximum absolute atomic E-state index is 3.29. The molecule has 0 saturated carbocycles. The molecule has 0 spiro atoms. The third-order valence-electron chi connectivity index (χ3n) is 4.82. The molecule has 2 rings (SSSR count). The molecule has 0 nitrogen and oxygen atoms in total. The van der Waals surface area contributed by atoms with Crippen LogP contribution in [-0.4, -0.2) is 0 Å². The largest absolute Gasteiger partial charge is 0.0654 e. The summed E-state index contributed by atoms with van der Waals surface area (Å²) in [6.45, 7) is 6.85. The van der Waals surface area contributed by atoms with Gasteiger partial charge < -0.3 is 0 Å². The van der Waals surface area contributed by atoms with Gasteiger partial charge in [0.2, 0.25) is 0 Å². The zero-order chi connectivity index (χ0) is 18.6. The highest BCUT2D eigenvalue weighted by atomic mass is 14.0. The second kappa shape index (κ2) is 11.6. The van der Waals surface area contributed by atoms with Gasteiger partial charge in [-0.2, -0.15) is 0 Å². The molecule has 2 aromatic rings. The summed E-state index contributed by atoms with van der Waals surface area (Å²) in [7, 11) is 0. The Morgan fingerprint density at radius 1 is 0.654 bits per heavy atom. The maximum atomic E-state index is 3.29. The van der Waals surface area contributed by atoms with Crippen LogP contribution in [0.5, 0.6) is 0 Å². The van der Waals surface area contributed by atoms with Crippen LogP contribution in [0, 0.1) is 17.8 Å². The van der Waals surface area contributed by atoms with Crippen molar-refractivity contribution in [3.05, 3.63) is 70.8 Å². The third-order valence-corrected chi connectivity index (χ3v) is 4.82. The topological polar surface area (TPSA) is 0 Å². The first-order valence-corrected chi connectivity index (χ1v) is 10.4. The Bertz CT molecular complexity index is 678. The van der Waals surface area contributed by atoms with Gasteiger partial charge in [0, 0.05) is 11.1 Å². The lowest BCUT2D eigenvalue weighted by molar-refractivity contribution is 0.527. The number of aryl methyl sites for hydroxylation is 2. The molecule has 0 radical (unpaired) electrons. The summed E-state index contributed by atoms with van der Waals surface area (Å²) >= 11 is 0. The van der Waals surface area contributed by atoms with Crippen molar-refractivity contribution in [3.8, 4) is 11.8 Å². The second-order valence-corrected chi connectivity index (χ2v) is 7.74. The third kappa shape index (κ3) is 7.92. The zero-order valence-electron chi connectivity index (χ0n) is 16.9. The molecular weight excluding hydrogens is 312 g/mol. The number of unbranched alkanes of at least 4 members (excludes halogenated alkanes) is 3. The van der Waals surface area contributed by atoms with Crippen LogP contribution in [0.1, 0.15) is 81.5 Å².